The van der Waals surface area contributed by atoms with E-state index in [1.165, 1.54) is 7.05 Å². The van der Waals surface area contributed by atoms with Gasteiger partial charge in [0.15, 0.2) is 0 Å². The Balaban J connectivity index is 3.70. The van der Waals surface area contributed by atoms with Crippen LogP contribution >= 0.6 is 0 Å². The molecule has 0 aliphatic heterocycles. The summed E-state index contributed by atoms with van der Waals surface area (Å²) in [5.74, 6) is 0. The van der Waals surface area contributed by atoms with Gasteiger partial charge >= 0.3 is 0 Å². The smallest absolute Gasteiger partial charge is 0.0179 e. The van der Waals surface area contributed by atoms with Gasteiger partial charge in [0.05, 0.1) is 0 Å². The van der Waals surface area contributed by atoms with Crippen LogP contribution < -0.4 is 5.73 Å². The number of hydrogen-bond acceptors (Lipinski definition) is 4. The van der Waals surface area contributed by atoms with Crippen LogP contribution in [0.25, 0.3) is 0 Å². The van der Waals surface area contributed by atoms with Gasteiger partial charge in [-0.25, -0.2) is 0 Å². The lowest BCUT2D eigenvalue weighted by atomic mass is 10.3. The number of nitrogens with two attached hydrogens (primary N) is 1. The number of hydrazine groups is 1. The molecule has 0 saturated carbocycles. The first-order chi connectivity index (χ1) is 5.09. The Kier molecular flexibility index (Phi) is 5.41. The summed E-state index contributed by atoms with van der Waals surface area (Å²) in [6, 6.07) is 0.254. The Bertz CT molecular complexity index is 87.7. The van der Waals surface area contributed by atoms with Gasteiger partial charge in [0.25, 0.3) is 0 Å². The van der Waals surface area contributed by atoms with Crippen LogP contribution in [0.4, 0.5) is 0 Å². The molecule has 0 spiro atoms. The number of nitrogens with zero attached hydrogens (tertiary/aromatic N) is 2. The van der Waals surface area contributed by atoms with Crippen molar-refractivity contribution in [2.24, 2.45) is 5.73 Å². The fourth-order valence-electron chi connectivity index (χ4n) is 0.978. The topological polar surface area (TPSA) is 55.6 Å². The van der Waals surface area contributed by atoms with Crippen molar-refractivity contribution in [3.05, 3.63) is 5.21 Å². The van der Waals surface area contributed by atoms with Gasteiger partial charge in [0.2, 0.25) is 0 Å². The second-order valence-electron chi connectivity index (χ2n) is 2.86. The van der Waals surface area contributed by atoms with Gasteiger partial charge in [-0.3, -0.25) is 5.01 Å². The van der Waals surface area contributed by atoms with Gasteiger partial charge < -0.3 is 16.1 Å². The van der Waals surface area contributed by atoms with E-state index in [0.717, 1.165) is 18.1 Å². The van der Waals surface area contributed by atoms with E-state index >= 15 is 0 Å². The van der Waals surface area contributed by atoms with Crippen molar-refractivity contribution in [2.45, 2.75) is 26.3 Å². The third kappa shape index (κ3) is 4.31. The van der Waals surface area contributed by atoms with Crippen molar-refractivity contribution in [1.82, 2.24) is 10.2 Å². The molecule has 4 nitrogen and oxygen atoms in total. The van der Waals surface area contributed by atoms with Crippen molar-refractivity contribution in [3.8, 4) is 0 Å². The normalized spacial score (nSPS) is 12.0. The zero-order valence-electron chi connectivity index (χ0n) is 7.58. The lowest BCUT2D eigenvalue weighted by Gasteiger charge is -2.39. The fourth-order valence-corrected chi connectivity index (χ4v) is 0.978. The van der Waals surface area contributed by atoms with Gasteiger partial charge in [-0.05, 0) is 33.9 Å². The van der Waals surface area contributed by atoms with Crippen LogP contribution in [0.3, 0.4) is 0 Å². The maximum atomic E-state index is 10.9. The van der Waals surface area contributed by atoms with Crippen molar-refractivity contribution < 1.29 is 0 Å². The van der Waals surface area contributed by atoms with Crippen molar-refractivity contribution in [1.29, 1.82) is 0 Å². The predicted molar refractivity (Wildman–Crippen MR) is 46.6 cm³/mol. The van der Waals surface area contributed by atoms with Crippen LogP contribution in [0.5, 0.6) is 0 Å². The first-order valence-corrected chi connectivity index (χ1v) is 3.97. The summed E-state index contributed by atoms with van der Waals surface area (Å²) in [7, 11) is 1.51. The Morgan fingerprint density at radius 1 is 1.45 bits per heavy atom. The average Bonchev–Trinajstić information content (AvgIpc) is 1.87. The number of rotatable bonds is 5. The molecule has 4 heteroatoms. The molecule has 0 heterocycles. The minimum absolute atomic E-state index is 0.254. The minimum Gasteiger partial charge on any atom is -0.772 e. The highest BCUT2D eigenvalue weighted by atomic mass is 16.5. The molecule has 0 aliphatic carbocycles. The zero-order valence-corrected chi connectivity index (χ0v) is 7.58. The molecule has 2 N–H and O–H groups in total. The molecular weight excluding hydrogens is 142 g/mol. The molecule has 0 fully saturated rings. The zero-order chi connectivity index (χ0) is 8.85. The predicted octanol–water partition coefficient (Wildman–Crippen LogP) is 0.390. The summed E-state index contributed by atoms with van der Waals surface area (Å²) in [6.45, 7) is 5.36. The molecule has 0 bridgehead atoms. The van der Waals surface area contributed by atoms with E-state index in [1.54, 1.807) is 5.01 Å². The lowest BCUT2D eigenvalue weighted by molar-refractivity contribution is 0.0142. The second kappa shape index (κ2) is 5.49. The van der Waals surface area contributed by atoms with Gasteiger partial charge in [0, 0.05) is 12.6 Å². The van der Waals surface area contributed by atoms with Crippen LogP contribution in [0.15, 0.2) is 0 Å². The maximum Gasteiger partial charge on any atom is 0.0179 e. The van der Waals surface area contributed by atoms with Gasteiger partial charge in [0.1, 0.15) is 0 Å². The monoisotopic (exact) mass is 160 g/mol. The Morgan fingerprint density at radius 2 is 2.00 bits per heavy atom. The van der Waals surface area contributed by atoms with Crippen LogP contribution in [0, 0.1) is 5.21 Å². The summed E-state index contributed by atoms with van der Waals surface area (Å²) in [5, 5.41) is 13.5. The van der Waals surface area contributed by atoms with E-state index in [2.05, 4.69) is 0 Å². The molecule has 0 saturated heterocycles. The highest BCUT2D eigenvalue weighted by Crippen LogP contribution is 2.00. The third-order valence-corrected chi connectivity index (χ3v) is 1.55. The van der Waals surface area contributed by atoms with Gasteiger partial charge in [-0.1, -0.05) is 0 Å². The largest absolute Gasteiger partial charge is 0.772 e. The third-order valence-electron chi connectivity index (χ3n) is 1.55. The van der Waals surface area contributed by atoms with Gasteiger partial charge in [-0.2, -0.15) is 0 Å². The summed E-state index contributed by atoms with van der Waals surface area (Å²) >= 11 is 0. The molecule has 0 aromatic rings. The molecule has 0 unspecified atom stereocenters. The number of hydroxylamine groups is 1. The molecule has 0 aromatic carbocycles. The molecule has 0 amide bonds. The average molecular weight is 160 g/mol. The molecule has 0 rings (SSSR count). The van der Waals surface area contributed by atoms with Crippen molar-refractivity contribution in [3.63, 3.8) is 0 Å². The van der Waals surface area contributed by atoms with Crippen LogP contribution in [0.2, 0.25) is 0 Å². The summed E-state index contributed by atoms with van der Waals surface area (Å²) < 4.78 is 0. The molecule has 0 aliphatic rings. The van der Waals surface area contributed by atoms with Crippen LogP contribution in [-0.4, -0.2) is 36.4 Å². The highest BCUT2D eigenvalue weighted by Gasteiger charge is 2.06. The van der Waals surface area contributed by atoms with Crippen LogP contribution in [0.1, 0.15) is 20.3 Å². The van der Waals surface area contributed by atoms with E-state index < -0.39 is 0 Å². The van der Waals surface area contributed by atoms with Crippen molar-refractivity contribution in [2.75, 3.05) is 20.1 Å². The Labute approximate surface area is 68.5 Å². The van der Waals surface area contributed by atoms with Gasteiger partial charge in [-0.15, -0.1) is 0 Å². The molecule has 11 heavy (non-hydrogen) atoms. The summed E-state index contributed by atoms with van der Waals surface area (Å²) in [4.78, 5) is 0. The SMILES string of the molecule is CC(C)N(CCCN)N(C)[O-]. The minimum atomic E-state index is 0.254. The lowest BCUT2D eigenvalue weighted by Crippen LogP contribution is -2.42. The molecular formula is C7H18N3O-. The van der Waals surface area contributed by atoms with E-state index in [9.17, 15) is 5.21 Å². The highest BCUT2D eigenvalue weighted by molar-refractivity contribution is 4.59. The first kappa shape index (κ1) is 10.8. The standard InChI is InChI=1S/C7H18N3O/c1-7(2)10(9(3)11)6-4-5-8/h7H,4-6,8H2,1-3H3/q-1. The maximum absolute atomic E-state index is 10.9. The van der Waals surface area contributed by atoms with Crippen LogP contribution in [-0.2, 0) is 0 Å². The Morgan fingerprint density at radius 3 is 2.27 bits per heavy atom. The quantitative estimate of drug-likeness (QED) is 0.591. The number of hydrogen-bond donors (Lipinski definition) is 1. The molecule has 0 radical (unpaired) electrons. The summed E-state index contributed by atoms with van der Waals surface area (Å²) in [5.41, 5.74) is 5.33. The van der Waals surface area contributed by atoms with Crippen molar-refractivity contribution >= 4 is 0 Å². The Hall–Kier alpha value is -0.160. The van der Waals surface area contributed by atoms with E-state index in [1.807, 2.05) is 13.8 Å². The van der Waals surface area contributed by atoms with E-state index in [-0.39, 0.29) is 6.04 Å². The fraction of sp³-hybridized carbons (Fsp3) is 1.00. The molecule has 68 valence electrons. The van der Waals surface area contributed by atoms with E-state index in [0.29, 0.717) is 6.54 Å². The second-order valence-corrected chi connectivity index (χ2v) is 2.86. The first-order valence-electron chi connectivity index (χ1n) is 3.97. The molecule has 0 aromatic heterocycles. The summed E-state index contributed by atoms with van der Waals surface area (Å²) in [6.07, 6.45) is 0.866. The molecule has 0 atom stereocenters. The van der Waals surface area contributed by atoms with E-state index in [4.69, 9.17) is 5.73 Å².